The Labute approximate surface area is 122 Å². The molecule has 0 saturated heterocycles. The van der Waals surface area contributed by atoms with Gasteiger partial charge in [0.1, 0.15) is 4.88 Å². The summed E-state index contributed by atoms with van der Waals surface area (Å²) < 4.78 is 38.8. The van der Waals surface area contributed by atoms with Gasteiger partial charge in [-0.15, -0.1) is 11.3 Å². The number of aromatic nitrogens is 1. The number of carbonyl (C=O) groups excluding carboxylic acids is 1. The monoisotopic (exact) mass is 315 g/mol. The third-order valence-electron chi connectivity index (χ3n) is 2.71. The number of amides is 1. The number of halogens is 3. The first-order chi connectivity index (χ1) is 9.68. The first kappa shape index (κ1) is 15.3. The minimum atomic E-state index is -4.60. The minimum Gasteiger partial charge on any atom is -0.399 e. The van der Waals surface area contributed by atoms with Crippen LogP contribution in [0.4, 0.5) is 24.5 Å². The molecule has 4 nitrogen and oxygen atoms in total. The van der Waals surface area contributed by atoms with E-state index in [-0.39, 0.29) is 16.3 Å². The lowest BCUT2D eigenvalue weighted by Gasteiger charge is -2.14. The Morgan fingerprint density at radius 2 is 2.00 bits per heavy atom. The molecule has 0 unspecified atom stereocenters. The molecule has 112 valence electrons. The van der Waals surface area contributed by atoms with E-state index in [1.54, 1.807) is 13.8 Å². The highest BCUT2D eigenvalue weighted by molar-refractivity contribution is 7.13. The zero-order valence-corrected chi connectivity index (χ0v) is 12.0. The van der Waals surface area contributed by atoms with E-state index >= 15 is 0 Å². The van der Waals surface area contributed by atoms with Crippen molar-refractivity contribution in [3.05, 3.63) is 39.3 Å². The second kappa shape index (κ2) is 5.36. The fourth-order valence-electron chi connectivity index (χ4n) is 1.83. The first-order valence-corrected chi connectivity index (χ1v) is 6.72. The largest absolute Gasteiger partial charge is 0.418 e. The number of anilines is 2. The van der Waals surface area contributed by atoms with Gasteiger partial charge in [0.05, 0.1) is 22.0 Å². The van der Waals surface area contributed by atoms with Crippen LogP contribution in [0.2, 0.25) is 0 Å². The van der Waals surface area contributed by atoms with Crippen molar-refractivity contribution in [2.24, 2.45) is 0 Å². The summed E-state index contributed by atoms with van der Waals surface area (Å²) >= 11 is 1.13. The molecule has 1 heterocycles. The third kappa shape index (κ3) is 3.33. The van der Waals surface area contributed by atoms with Gasteiger partial charge in [0, 0.05) is 5.69 Å². The van der Waals surface area contributed by atoms with Gasteiger partial charge in [-0.2, -0.15) is 13.2 Å². The van der Waals surface area contributed by atoms with Gasteiger partial charge in [-0.25, -0.2) is 4.98 Å². The predicted octanol–water partition coefficient (Wildman–Crippen LogP) is 3.61. The number of hydrogen-bond acceptors (Lipinski definition) is 4. The molecule has 1 aromatic heterocycles. The highest BCUT2D eigenvalue weighted by atomic mass is 32.1. The average molecular weight is 315 g/mol. The van der Waals surface area contributed by atoms with Gasteiger partial charge >= 0.3 is 6.18 Å². The number of benzene rings is 1. The van der Waals surface area contributed by atoms with E-state index in [9.17, 15) is 18.0 Å². The molecule has 8 heteroatoms. The van der Waals surface area contributed by atoms with Crippen LogP contribution in [-0.4, -0.2) is 10.9 Å². The van der Waals surface area contributed by atoms with E-state index in [1.165, 1.54) is 6.07 Å². The van der Waals surface area contributed by atoms with Gasteiger partial charge in [-0.3, -0.25) is 4.79 Å². The summed E-state index contributed by atoms with van der Waals surface area (Å²) in [6.07, 6.45) is -4.60. The fourth-order valence-corrected chi connectivity index (χ4v) is 2.64. The Kier molecular flexibility index (Phi) is 3.91. The van der Waals surface area contributed by atoms with Crippen molar-refractivity contribution < 1.29 is 18.0 Å². The number of alkyl halides is 3. The molecular weight excluding hydrogens is 303 g/mol. The van der Waals surface area contributed by atoms with Crippen molar-refractivity contribution in [2.75, 3.05) is 11.1 Å². The van der Waals surface area contributed by atoms with E-state index in [1.807, 2.05) is 0 Å². The van der Waals surface area contributed by atoms with Crippen LogP contribution in [0.15, 0.2) is 18.2 Å². The van der Waals surface area contributed by atoms with E-state index in [0.29, 0.717) is 10.7 Å². The highest BCUT2D eigenvalue weighted by Gasteiger charge is 2.34. The van der Waals surface area contributed by atoms with E-state index in [0.717, 1.165) is 23.5 Å². The minimum absolute atomic E-state index is 0.0230. The number of nitrogens with one attached hydrogen (secondary N) is 1. The lowest BCUT2D eigenvalue weighted by molar-refractivity contribution is -0.136. The molecule has 1 aromatic carbocycles. The maximum absolute atomic E-state index is 12.9. The van der Waals surface area contributed by atoms with Crippen LogP contribution >= 0.6 is 11.3 Å². The molecule has 2 rings (SSSR count). The van der Waals surface area contributed by atoms with Crippen molar-refractivity contribution in [1.82, 2.24) is 4.98 Å². The normalized spacial score (nSPS) is 11.5. The molecule has 3 N–H and O–H groups in total. The molecule has 0 saturated carbocycles. The summed E-state index contributed by atoms with van der Waals surface area (Å²) in [4.78, 5) is 16.4. The number of hydrogen-bond donors (Lipinski definition) is 2. The van der Waals surface area contributed by atoms with Gasteiger partial charge < -0.3 is 11.1 Å². The van der Waals surface area contributed by atoms with Crippen molar-refractivity contribution in [1.29, 1.82) is 0 Å². The topological polar surface area (TPSA) is 68.0 Å². The Morgan fingerprint density at radius 3 is 2.52 bits per heavy atom. The van der Waals surface area contributed by atoms with Crippen LogP contribution in [0.3, 0.4) is 0 Å². The lowest BCUT2D eigenvalue weighted by Crippen LogP contribution is -2.16. The zero-order valence-electron chi connectivity index (χ0n) is 11.2. The Morgan fingerprint density at radius 1 is 1.33 bits per heavy atom. The van der Waals surface area contributed by atoms with Crippen LogP contribution in [0.1, 0.15) is 25.9 Å². The molecule has 0 spiro atoms. The number of nitrogens with two attached hydrogens (primary N) is 1. The number of nitrogens with zero attached hydrogens (tertiary/aromatic N) is 1. The van der Waals surface area contributed by atoms with Crippen molar-refractivity contribution in [3.8, 4) is 0 Å². The zero-order chi connectivity index (χ0) is 15.8. The van der Waals surface area contributed by atoms with Gasteiger partial charge in [0.15, 0.2) is 0 Å². The molecule has 0 radical (unpaired) electrons. The number of nitrogen functional groups attached to an aromatic ring is 1. The molecule has 0 fully saturated rings. The summed E-state index contributed by atoms with van der Waals surface area (Å²) in [5.41, 5.74) is 4.53. The maximum atomic E-state index is 12.9. The molecule has 0 atom stereocenters. The molecule has 0 aliphatic carbocycles. The second-order valence-electron chi connectivity index (χ2n) is 4.40. The van der Waals surface area contributed by atoms with Crippen LogP contribution in [0, 0.1) is 13.8 Å². The van der Waals surface area contributed by atoms with Crippen molar-refractivity contribution in [2.45, 2.75) is 20.0 Å². The molecule has 0 aliphatic heterocycles. The third-order valence-corrected chi connectivity index (χ3v) is 3.78. The van der Waals surface area contributed by atoms with E-state index in [4.69, 9.17) is 5.73 Å². The van der Waals surface area contributed by atoms with Crippen LogP contribution in [-0.2, 0) is 6.18 Å². The van der Waals surface area contributed by atoms with Gasteiger partial charge in [0.25, 0.3) is 5.91 Å². The Bertz CT molecular complexity index is 694. The summed E-state index contributed by atoms with van der Waals surface area (Å²) in [6.45, 7) is 3.35. The predicted molar refractivity (Wildman–Crippen MR) is 75.4 cm³/mol. The summed E-state index contributed by atoms with van der Waals surface area (Å²) in [6, 6.07) is 3.23. The molecule has 0 bridgehead atoms. The maximum Gasteiger partial charge on any atom is 0.418 e. The van der Waals surface area contributed by atoms with Gasteiger partial charge in [0.2, 0.25) is 0 Å². The van der Waals surface area contributed by atoms with E-state index < -0.39 is 17.6 Å². The summed E-state index contributed by atoms with van der Waals surface area (Å²) in [7, 11) is 0. The molecule has 21 heavy (non-hydrogen) atoms. The van der Waals surface area contributed by atoms with Gasteiger partial charge in [-0.1, -0.05) is 0 Å². The van der Waals surface area contributed by atoms with Crippen LogP contribution in [0.5, 0.6) is 0 Å². The number of aryl methyl sites for hydroxylation is 2. The number of thiazole rings is 1. The molecular formula is C13H12F3N3OS. The lowest BCUT2D eigenvalue weighted by atomic mass is 10.1. The van der Waals surface area contributed by atoms with E-state index in [2.05, 4.69) is 10.3 Å². The second-order valence-corrected chi connectivity index (χ2v) is 5.61. The quantitative estimate of drug-likeness (QED) is 0.832. The SMILES string of the molecule is Cc1nc(C)c(C(=O)Nc2ccc(N)cc2C(F)(F)F)s1. The average Bonchev–Trinajstić information content (AvgIpc) is 2.69. The molecule has 1 amide bonds. The number of rotatable bonds is 2. The summed E-state index contributed by atoms with van der Waals surface area (Å²) in [5.74, 6) is -0.617. The Hall–Kier alpha value is -2.09. The summed E-state index contributed by atoms with van der Waals surface area (Å²) in [5, 5.41) is 2.94. The number of carbonyl (C=O) groups is 1. The highest BCUT2D eigenvalue weighted by Crippen LogP contribution is 2.36. The van der Waals surface area contributed by atoms with Crippen LogP contribution < -0.4 is 11.1 Å². The Balaban J connectivity index is 2.36. The standard InChI is InChI=1S/C13H12F3N3OS/c1-6-11(21-7(2)18-6)12(20)19-10-4-3-8(17)5-9(10)13(14,15)16/h3-5H,17H2,1-2H3,(H,19,20). The van der Waals surface area contributed by atoms with Crippen molar-refractivity contribution >= 4 is 28.6 Å². The smallest absolute Gasteiger partial charge is 0.399 e. The van der Waals surface area contributed by atoms with Crippen LogP contribution in [0.25, 0.3) is 0 Å². The van der Waals surface area contributed by atoms with Gasteiger partial charge in [-0.05, 0) is 32.0 Å². The molecule has 0 aliphatic rings. The molecule has 2 aromatic rings. The first-order valence-electron chi connectivity index (χ1n) is 5.90. The van der Waals surface area contributed by atoms with Crippen molar-refractivity contribution in [3.63, 3.8) is 0 Å². The fraction of sp³-hybridized carbons (Fsp3) is 0.231.